The molecule has 29 heavy (non-hydrogen) atoms. The van der Waals surface area contributed by atoms with Gasteiger partial charge in [-0.15, -0.1) is 0 Å². The number of nitrogens with zero attached hydrogens (tertiary/aromatic N) is 1. The summed E-state index contributed by atoms with van der Waals surface area (Å²) < 4.78 is 4.72. The molecule has 0 bridgehead atoms. The number of esters is 1. The van der Waals surface area contributed by atoms with Crippen molar-refractivity contribution in [2.45, 2.75) is 71.8 Å². The number of unbranched alkanes of at least 4 members (excludes halogenated alkanes) is 2. The van der Waals surface area contributed by atoms with Crippen LogP contribution >= 0.6 is 0 Å². The monoisotopic (exact) mass is 415 g/mol. The van der Waals surface area contributed by atoms with Gasteiger partial charge in [-0.05, 0) is 19.8 Å². The largest absolute Gasteiger partial charge is 1.00 e. The second kappa shape index (κ2) is 18.3. The average molecular weight is 415 g/mol. The zero-order valence-corrected chi connectivity index (χ0v) is 19.9. The number of carboxylic acids is 1. The molecule has 1 unspecified atom stereocenters. The Labute approximate surface area is 195 Å². The summed E-state index contributed by atoms with van der Waals surface area (Å²) in [4.78, 5) is 49.1. The molecular weight excluding hydrogens is 385 g/mol. The first-order chi connectivity index (χ1) is 13.4. The van der Waals surface area contributed by atoms with E-state index in [9.17, 15) is 24.3 Å². The van der Waals surface area contributed by atoms with Gasteiger partial charge in [0.25, 0.3) is 0 Å². The second-order valence-electron chi connectivity index (χ2n) is 6.08. The molecule has 7 nitrogen and oxygen atoms in total. The summed E-state index contributed by atoms with van der Waals surface area (Å²) in [5.74, 6) is -3.96. The number of amides is 2. The molecule has 0 saturated carbocycles. The zero-order valence-electron chi connectivity index (χ0n) is 17.9. The number of imide groups is 1. The number of ether oxygens (including phenoxy) is 1. The summed E-state index contributed by atoms with van der Waals surface area (Å²) in [6, 6.07) is -1.73. The molecule has 0 saturated heterocycles. The molecule has 0 aromatic rings. The molecule has 0 spiro atoms. The molecule has 0 radical (unpaired) electrons. The van der Waals surface area contributed by atoms with E-state index in [1.54, 1.807) is 31.2 Å². The molecule has 0 aliphatic rings. The first-order valence-electron chi connectivity index (χ1n) is 9.55. The van der Waals surface area contributed by atoms with E-state index in [1.165, 1.54) is 6.08 Å². The van der Waals surface area contributed by atoms with E-state index >= 15 is 0 Å². The normalized spacial score (nSPS) is 12.1. The fraction of sp³-hybridized carbons (Fsp3) is 0.524. The van der Waals surface area contributed by atoms with Gasteiger partial charge in [0.05, 0.1) is 24.7 Å². The van der Waals surface area contributed by atoms with E-state index in [4.69, 9.17) is 4.74 Å². The van der Waals surface area contributed by atoms with Crippen LogP contribution in [-0.4, -0.2) is 34.7 Å². The summed E-state index contributed by atoms with van der Waals surface area (Å²) in [7, 11) is 0. The van der Waals surface area contributed by atoms with Crippen molar-refractivity contribution in [2.75, 3.05) is 0 Å². The molecule has 0 rings (SSSR count). The van der Waals surface area contributed by atoms with Gasteiger partial charge in [-0.25, -0.2) is 0 Å². The minimum absolute atomic E-state index is 0. The quantitative estimate of drug-likeness (QED) is 0.173. The number of allylic oxidation sites excluding steroid dienone is 3. The topological polar surface area (TPSA) is 104 Å². The Balaban J connectivity index is 0. The summed E-state index contributed by atoms with van der Waals surface area (Å²) in [6.45, 7) is 5.58. The molecule has 0 aliphatic heterocycles. The average Bonchev–Trinajstić information content (AvgIpc) is 2.66. The number of carboxylic acid groups (broad SMARTS) is 1. The zero-order chi connectivity index (χ0) is 21.4. The summed E-state index contributed by atoms with van der Waals surface area (Å²) in [6.07, 6.45) is 11.7. The van der Waals surface area contributed by atoms with Crippen LogP contribution in [-0.2, 0) is 23.9 Å². The van der Waals surface area contributed by atoms with E-state index in [-0.39, 0.29) is 42.4 Å². The number of rotatable bonds is 13. The summed E-state index contributed by atoms with van der Waals surface area (Å²) in [5, 5.41) is 11.6. The maximum Gasteiger partial charge on any atom is 1.00 e. The van der Waals surface area contributed by atoms with Gasteiger partial charge in [-0.2, -0.15) is 0 Å². The van der Waals surface area contributed by atoms with Crippen molar-refractivity contribution < 1.29 is 58.6 Å². The second-order valence-corrected chi connectivity index (χ2v) is 6.08. The van der Waals surface area contributed by atoms with Gasteiger partial charge in [-0.3, -0.25) is 19.3 Å². The third-order valence-electron chi connectivity index (χ3n) is 3.65. The summed E-state index contributed by atoms with van der Waals surface area (Å²) in [5.41, 5.74) is 0. The number of hydrogen-bond acceptors (Lipinski definition) is 6. The van der Waals surface area contributed by atoms with Crippen molar-refractivity contribution in [3.63, 3.8) is 0 Å². The van der Waals surface area contributed by atoms with Crippen LogP contribution in [0.4, 0.5) is 0 Å². The van der Waals surface area contributed by atoms with Gasteiger partial charge in [-0.1, -0.05) is 57.1 Å². The minimum Gasteiger partial charge on any atom is -0.548 e. The molecule has 8 heteroatoms. The van der Waals surface area contributed by atoms with Crippen molar-refractivity contribution in [2.24, 2.45) is 0 Å². The van der Waals surface area contributed by atoms with Crippen molar-refractivity contribution in [3.05, 3.63) is 36.6 Å². The third-order valence-corrected chi connectivity index (χ3v) is 3.65. The van der Waals surface area contributed by atoms with Gasteiger partial charge >= 0.3 is 35.5 Å². The Bertz CT molecular complexity index is 582. The predicted molar refractivity (Wildman–Crippen MR) is 104 cm³/mol. The van der Waals surface area contributed by atoms with Crippen molar-refractivity contribution >= 4 is 23.8 Å². The number of aliphatic carboxylic acids is 1. The van der Waals surface area contributed by atoms with Gasteiger partial charge in [0.2, 0.25) is 11.8 Å². The smallest absolute Gasteiger partial charge is 0.548 e. The fourth-order valence-electron chi connectivity index (χ4n) is 2.25. The predicted octanol–water partition coefficient (Wildman–Crippen LogP) is -0.576. The number of carbonyl (C=O) groups is 4. The van der Waals surface area contributed by atoms with Gasteiger partial charge in [0.1, 0.15) is 0 Å². The van der Waals surface area contributed by atoms with Crippen LogP contribution in [0.5, 0.6) is 0 Å². The molecule has 2 amide bonds. The van der Waals surface area contributed by atoms with Crippen LogP contribution in [0.15, 0.2) is 36.6 Å². The standard InChI is InChI=1S/C21H31NO6.Na/c1-4-7-9-11-13-18(23)22(19(24)14-12-10-8-5-2)17(21(26)27)16-20(25)28-15-6-3;/h6,9-12,15,17H,4-5,7-8,13-14,16H2,1-3H3,(H,26,27);/q;+1/p-1/b11-9+,12-10+,15-6+;. The molecule has 0 aromatic carbocycles. The fourth-order valence-corrected chi connectivity index (χ4v) is 2.25. The van der Waals surface area contributed by atoms with E-state index < -0.39 is 36.2 Å². The molecule has 0 heterocycles. The first kappa shape index (κ1) is 29.5. The van der Waals surface area contributed by atoms with Crippen molar-refractivity contribution in [1.29, 1.82) is 0 Å². The minimum atomic E-state index is -1.73. The Kier molecular flexibility index (Phi) is 18.7. The van der Waals surface area contributed by atoms with Gasteiger partial charge in [0.15, 0.2) is 0 Å². The molecule has 0 N–H and O–H groups in total. The Morgan fingerprint density at radius 2 is 1.41 bits per heavy atom. The first-order valence-corrected chi connectivity index (χ1v) is 9.55. The molecule has 156 valence electrons. The Hall–Kier alpha value is -1.70. The Morgan fingerprint density at radius 1 is 0.931 bits per heavy atom. The third kappa shape index (κ3) is 13.2. The SMILES string of the molecule is C/C=C/OC(=O)CC(C(=O)[O-])N(C(=O)C/C=C/CCC)C(=O)C/C=C/CCC.[Na+]. The maximum atomic E-state index is 12.6. The molecule has 0 aromatic heterocycles. The van der Waals surface area contributed by atoms with Gasteiger partial charge < -0.3 is 14.6 Å². The molecule has 0 fully saturated rings. The van der Waals surface area contributed by atoms with E-state index in [0.29, 0.717) is 4.90 Å². The number of hydrogen-bond donors (Lipinski definition) is 0. The molecule has 1 atom stereocenters. The van der Waals surface area contributed by atoms with E-state index in [0.717, 1.165) is 31.9 Å². The molecule has 0 aliphatic carbocycles. The van der Waals surface area contributed by atoms with Crippen LogP contribution in [0.25, 0.3) is 0 Å². The van der Waals surface area contributed by atoms with Crippen LogP contribution in [0, 0.1) is 0 Å². The van der Waals surface area contributed by atoms with Crippen molar-refractivity contribution in [1.82, 2.24) is 4.90 Å². The van der Waals surface area contributed by atoms with Gasteiger partial charge in [0, 0.05) is 12.8 Å². The van der Waals surface area contributed by atoms with Crippen LogP contribution in [0.2, 0.25) is 0 Å². The van der Waals surface area contributed by atoms with E-state index in [1.807, 2.05) is 13.8 Å². The Morgan fingerprint density at radius 3 is 1.79 bits per heavy atom. The van der Waals surface area contributed by atoms with Crippen LogP contribution in [0.1, 0.15) is 65.7 Å². The van der Waals surface area contributed by atoms with Crippen LogP contribution < -0.4 is 34.7 Å². The molecular formula is C21H30NNaO6. The van der Waals surface area contributed by atoms with E-state index in [2.05, 4.69) is 0 Å². The van der Waals surface area contributed by atoms with Crippen LogP contribution in [0.3, 0.4) is 0 Å². The number of carbonyl (C=O) groups excluding carboxylic acids is 4. The maximum absolute atomic E-state index is 12.6. The van der Waals surface area contributed by atoms with Crippen molar-refractivity contribution in [3.8, 4) is 0 Å². The summed E-state index contributed by atoms with van der Waals surface area (Å²) >= 11 is 0.